The first-order valence-corrected chi connectivity index (χ1v) is 15.2. The predicted molar refractivity (Wildman–Crippen MR) is 119 cm³/mol. The Hall–Kier alpha value is -0.743. The fraction of sp³-hybridized carbons (Fsp3) is 0.840. The SMILES string of the molecule is CCCC[Si](C)(C)OC1CC[C@@]2(C)C(=CC(=O)[C@@H]3[C@@H]2CC[C@]2(C)C(=O)CC[C@@H]32)C1. The number of carbonyl (C=O) groups excluding carboxylic acids is 2. The van der Waals surface area contributed by atoms with Crippen LogP contribution in [0.2, 0.25) is 19.1 Å². The second-order valence-corrected chi connectivity index (χ2v) is 15.7. The van der Waals surface area contributed by atoms with Gasteiger partial charge in [0.15, 0.2) is 14.1 Å². The number of carbonyl (C=O) groups is 2. The van der Waals surface area contributed by atoms with Crippen molar-refractivity contribution in [3.05, 3.63) is 11.6 Å². The molecule has 3 nitrogen and oxygen atoms in total. The van der Waals surface area contributed by atoms with Crippen molar-refractivity contribution in [3.8, 4) is 0 Å². The summed E-state index contributed by atoms with van der Waals surface area (Å²) in [6, 6.07) is 1.23. The van der Waals surface area contributed by atoms with Crippen LogP contribution in [0.5, 0.6) is 0 Å². The summed E-state index contributed by atoms with van der Waals surface area (Å²) in [5, 5.41) is 0. The van der Waals surface area contributed by atoms with E-state index in [1.165, 1.54) is 24.5 Å². The van der Waals surface area contributed by atoms with Crippen LogP contribution in [-0.2, 0) is 14.0 Å². The Morgan fingerprint density at radius 2 is 1.76 bits per heavy atom. The van der Waals surface area contributed by atoms with Crippen molar-refractivity contribution in [2.75, 3.05) is 0 Å². The average molecular weight is 417 g/mol. The number of fused-ring (bicyclic) bond motifs is 5. The van der Waals surface area contributed by atoms with Gasteiger partial charge in [0.05, 0.1) is 0 Å². The van der Waals surface area contributed by atoms with Crippen LogP contribution in [0.4, 0.5) is 0 Å². The zero-order valence-corrected chi connectivity index (χ0v) is 20.2. The van der Waals surface area contributed by atoms with Crippen molar-refractivity contribution in [3.63, 3.8) is 0 Å². The Balaban J connectivity index is 1.55. The summed E-state index contributed by atoms with van der Waals surface area (Å²) in [7, 11) is -1.63. The molecule has 0 aromatic carbocycles. The number of Topliss-reactive ketones (excluding diaryl/α,β-unsaturated/α-hetero) is 1. The van der Waals surface area contributed by atoms with Gasteiger partial charge in [-0.1, -0.05) is 39.2 Å². The summed E-state index contributed by atoms with van der Waals surface area (Å²) in [5.41, 5.74) is 1.24. The van der Waals surface area contributed by atoms with E-state index in [4.69, 9.17) is 4.43 Å². The van der Waals surface area contributed by atoms with Gasteiger partial charge in [0.25, 0.3) is 0 Å². The van der Waals surface area contributed by atoms with Gasteiger partial charge in [0.2, 0.25) is 0 Å². The molecule has 4 aliphatic rings. The maximum absolute atomic E-state index is 13.3. The Morgan fingerprint density at radius 1 is 1.07 bits per heavy atom. The first-order valence-electron chi connectivity index (χ1n) is 12.1. The van der Waals surface area contributed by atoms with E-state index in [2.05, 4.69) is 33.9 Å². The van der Waals surface area contributed by atoms with Crippen molar-refractivity contribution < 1.29 is 14.0 Å². The molecule has 0 bridgehead atoms. The van der Waals surface area contributed by atoms with E-state index in [0.29, 0.717) is 30.0 Å². The Labute approximate surface area is 178 Å². The summed E-state index contributed by atoms with van der Waals surface area (Å²) in [6.07, 6.45) is 11.6. The number of rotatable bonds is 5. The van der Waals surface area contributed by atoms with Gasteiger partial charge >= 0.3 is 0 Å². The lowest BCUT2D eigenvalue weighted by Crippen LogP contribution is -2.54. The molecule has 0 spiro atoms. The number of ketones is 2. The van der Waals surface area contributed by atoms with E-state index in [9.17, 15) is 9.59 Å². The maximum Gasteiger partial charge on any atom is 0.187 e. The van der Waals surface area contributed by atoms with Gasteiger partial charge in [-0.3, -0.25) is 9.59 Å². The summed E-state index contributed by atoms with van der Waals surface area (Å²) < 4.78 is 6.69. The predicted octanol–water partition coefficient (Wildman–Crippen LogP) is 6.09. The van der Waals surface area contributed by atoms with Crippen LogP contribution < -0.4 is 0 Å². The topological polar surface area (TPSA) is 43.4 Å². The highest BCUT2D eigenvalue weighted by Crippen LogP contribution is 2.63. The number of allylic oxidation sites excluding steroid dienone is 1. The van der Waals surface area contributed by atoms with Gasteiger partial charge in [0, 0.05) is 23.9 Å². The van der Waals surface area contributed by atoms with Crippen LogP contribution in [0.3, 0.4) is 0 Å². The van der Waals surface area contributed by atoms with Gasteiger partial charge in [-0.25, -0.2) is 0 Å². The molecular formula is C25H40O3Si. The van der Waals surface area contributed by atoms with Crippen molar-refractivity contribution in [1.29, 1.82) is 0 Å². The monoisotopic (exact) mass is 416 g/mol. The summed E-state index contributed by atoms with van der Waals surface area (Å²) >= 11 is 0. The number of hydrogen-bond donors (Lipinski definition) is 0. The lowest BCUT2D eigenvalue weighted by atomic mass is 9.48. The summed E-state index contributed by atoms with van der Waals surface area (Å²) in [5.74, 6) is 1.48. The molecule has 6 atom stereocenters. The van der Waals surface area contributed by atoms with Gasteiger partial charge in [0.1, 0.15) is 5.78 Å². The molecule has 4 heteroatoms. The van der Waals surface area contributed by atoms with Gasteiger partial charge in [-0.15, -0.1) is 0 Å². The lowest BCUT2D eigenvalue weighted by Gasteiger charge is -2.56. The molecule has 0 aromatic heterocycles. The van der Waals surface area contributed by atoms with E-state index in [1.54, 1.807) is 0 Å². The van der Waals surface area contributed by atoms with E-state index in [-0.39, 0.29) is 22.7 Å². The number of unbranched alkanes of at least 4 members (excludes halogenated alkanes) is 1. The third-order valence-corrected chi connectivity index (χ3v) is 11.8. The Kier molecular flexibility index (Phi) is 5.51. The highest BCUT2D eigenvalue weighted by Gasteiger charge is 2.61. The number of hydrogen-bond acceptors (Lipinski definition) is 3. The molecule has 0 saturated heterocycles. The van der Waals surface area contributed by atoms with E-state index < -0.39 is 8.32 Å². The quantitative estimate of drug-likeness (QED) is 0.509. The molecule has 0 heterocycles. The van der Waals surface area contributed by atoms with Crippen LogP contribution in [0.15, 0.2) is 11.6 Å². The largest absolute Gasteiger partial charge is 0.414 e. The first kappa shape index (κ1) is 21.5. The van der Waals surface area contributed by atoms with Crippen LogP contribution in [0, 0.1) is 28.6 Å². The molecule has 0 aromatic rings. The van der Waals surface area contributed by atoms with Crippen LogP contribution >= 0.6 is 0 Å². The minimum Gasteiger partial charge on any atom is -0.414 e. The van der Waals surface area contributed by atoms with Gasteiger partial charge in [-0.05, 0) is 81.0 Å². The van der Waals surface area contributed by atoms with Crippen LogP contribution in [0.1, 0.15) is 78.6 Å². The third kappa shape index (κ3) is 3.52. The standard InChI is InChI=1S/C25H40O3Si/c1-6-7-14-29(4,5)28-18-10-12-24(2)17(15-18)16-21(26)23-19-8-9-22(27)25(19,3)13-11-20(23)24/h16,18-20,23H,6-15H2,1-5H3/t18?,19-,20-,23-,24-,25-/m0/s1. The van der Waals surface area contributed by atoms with Crippen LogP contribution in [-0.4, -0.2) is 26.0 Å². The molecule has 3 fully saturated rings. The fourth-order valence-corrected chi connectivity index (χ4v) is 9.78. The van der Waals surface area contributed by atoms with Crippen molar-refractivity contribution >= 4 is 19.9 Å². The molecule has 0 aliphatic heterocycles. The molecule has 0 N–H and O–H groups in total. The molecule has 162 valence electrons. The molecule has 0 amide bonds. The summed E-state index contributed by atoms with van der Waals surface area (Å²) in [4.78, 5) is 25.9. The van der Waals surface area contributed by atoms with Crippen molar-refractivity contribution in [1.82, 2.24) is 0 Å². The third-order valence-electron chi connectivity index (χ3n) is 9.23. The minimum absolute atomic E-state index is 0.0711. The van der Waals surface area contributed by atoms with Crippen molar-refractivity contribution in [2.24, 2.45) is 28.6 Å². The Bertz CT molecular complexity index is 726. The highest BCUT2D eigenvalue weighted by molar-refractivity contribution is 6.71. The second-order valence-electron chi connectivity index (χ2n) is 11.5. The molecule has 3 saturated carbocycles. The highest BCUT2D eigenvalue weighted by atomic mass is 28.4. The minimum atomic E-state index is -1.63. The van der Waals surface area contributed by atoms with E-state index in [0.717, 1.165) is 38.5 Å². The molecule has 29 heavy (non-hydrogen) atoms. The second kappa shape index (κ2) is 7.44. The molecule has 1 unspecified atom stereocenters. The van der Waals surface area contributed by atoms with E-state index in [1.807, 2.05) is 6.08 Å². The van der Waals surface area contributed by atoms with Gasteiger partial charge in [-0.2, -0.15) is 0 Å². The average Bonchev–Trinajstić information content (AvgIpc) is 2.96. The van der Waals surface area contributed by atoms with Gasteiger partial charge < -0.3 is 4.43 Å². The summed E-state index contributed by atoms with van der Waals surface area (Å²) in [6.45, 7) is 11.5. The van der Waals surface area contributed by atoms with Crippen LogP contribution in [0.25, 0.3) is 0 Å². The normalized spacial score (nSPS) is 42.2. The van der Waals surface area contributed by atoms with E-state index >= 15 is 0 Å². The maximum atomic E-state index is 13.3. The molecule has 4 rings (SSSR count). The fourth-order valence-electron chi connectivity index (χ4n) is 7.36. The zero-order chi connectivity index (χ0) is 21.0. The molecular weight excluding hydrogens is 376 g/mol. The molecule has 0 radical (unpaired) electrons. The Morgan fingerprint density at radius 3 is 2.48 bits per heavy atom. The van der Waals surface area contributed by atoms with Crippen molar-refractivity contribution in [2.45, 2.75) is 104 Å². The first-order chi connectivity index (χ1) is 13.6. The smallest absolute Gasteiger partial charge is 0.187 e. The molecule has 4 aliphatic carbocycles. The lowest BCUT2D eigenvalue weighted by molar-refractivity contribution is -0.139. The zero-order valence-electron chi connectivity index (χ0n) is 19.2.